The molecule has 0 saturated carbocycles. The summed E-state index contributed by atoms with van der Waals surface area (Å²) in [7, 11) is 0. The number of allylic oxidation sites excluding steroid dienone is 1. The summed E-state index contributed by atoms with van der Waals surface area (Å²) in [5.41, 5.74) is 0.919. The SMILES string of the molecule is C=CCn1c(O)c(N=NC(=O)CNC(=O)[C@H]2COc3ccccc3O2)c2ccccc21. The number of aromatic nitrogens is 1. The Bertz CT molecular complexity index is 1180. The number of benzene rings is 2. The van der Waals surface area contributed by atoms with Gasteiger partial charge in [-0.05, 0) is 18.2 Å². The van der Waals surface area contributed by atoms with Gasteiger partial charge in [0.25, 0.3) is 11.8 Å². The standard InChI is InChI=1S/C22H20N4O5/c1-2-11-26-15-8-4-3-7-14(15)20(22(26)29)25-24-19(27)12-23-21(28)18-13-30-16-9-5-6-10-17(16)31-18/h2-10,18,29H,1,11-13H2,(H,23,28)/t18-/m1/s1. The lowest BCUT2D eigenvalue weighted by Crippen LogP contribution is -2.45. The van der Waals surface area contributed by atoms with Crippen LogP contribution in [-0.4, -0.2) is 40.7 Å². The quantitative estimate of drug-likeness (QED) is 0.470. The van der Waals surface area contributed by atoms with E-state index >= 15 is 0 Å². The molecule has 2 aromatic carbocycles. The van der Waals surface area contributed by atoms with E-state index in [0.29, 0.717) is 23.4 Å². The first-order valence-electron chi connectivity index (χ1n) is 9.60. The highest BCUT2D eigenvalue weighted by molar-refractivity contribution is 5.95. The monoisotopic (exact) mass is 420 g/mol. The minimum absolute atomic E-state index is 0.0369. The van der Waals surface area contributed by atoms with Gasteiger partial charge in [-0.2, -0.15) is 0 Å². The van der Waals surface area contributed by atoms with Crippen molar-refractivity contribution < 1.29 is 24.2 Å². The fraction of sp³-hybridized carbons (Fsp3) is 0.182. The molecule has 9 nitrogen and oxygen atoms in total. The maximum atomic E-state index is 12.3. The summed E-state index contributed by atoms with van der Waals surface area (Å²) in [6.45, 7) is 3.72. The molecule has 31 heavy (non-hydrogen) atoms. The molecule has 0 radical (unpaired) electrons. The normalized spacial score (nSPS) is 15.2. The molecule has 2 N–H and O–H groups in total. The maximum absolute atomic E-state index is 12.3. The molecular formula is C22H20N4O5. The third-order valence-corrected chi connectivity index (χ3v) is 4.71. The van der Waals surface area contributed by atoms with Gasteiger partial charge in [0.1, 0.15) is 13.2 Å². The third kappa shape index (κ3) is 4.11. The molecule has 0 unspecified atom stereocenters. The number of para-hydroxylation sites is 3. The lowest BCUT2D eigenvalue weighted by atomic mass is 10.2. The van der Waals surface area contributed by atoms with Crippen LogP contribution < -0.4 is 14.8 Å². The number of azo groups is 1. The number of ether oxygens (including phenoxy) is 2. The predicted octanol–water partition coefficient (Wildman–Crippen LogP) is 3.10. The first kappa shape index (κ1) is 20.1. The van der Waals surface area contributed by atoms with E-state index in [-0.39, 0.29) is 24.7 Å². The van der Waals surface area contributed by atoms with Crippen molar-refractivity contribution in [3.63, 3.8) is 0 Å². The molecule has 1 atom stereocenters. The Balaban J connectivity index is 1.40. The van der Waals surface area contributed by atoms with Crippen LogP contribution in [0.4, 0.5) is 5.69 Å². The van der Waals surface area contributed by atoms with Crippen molar-refractivity contribution in [3.05, 3.63) is 61.2 Å². The highest BCUT2D eigenvalue weighted by atomic mass is 16.6. The van der Waals surface area contributed by atoms with Crippen molar-refractivity contribution in [3.8, 4) is 17.4 Å². The summed E-state index contributed by atoms with van der Waals surface area (Å²) in [4.78, 5) is 24.4. The molecule has 158 valence electrons. The van der Waals surface area contributed by atoms with Gasteiger partial charge >= 0.3 is 0 Å². The number of carbonyl (C=O) groups is 2. The summed E-state index contributed by atoms with van der Waals surface area (Å²) < 4.78 is 12.7. The number of hydrogen-bond donors (Lipinski definition) is 2. The summed E-state index contributed by atoms with van der Waals surface area (Å²) in [5, 5.41) is 21.1. The number of aromatic hydroxyl groups is 1. The van der Waals surface area contributed by atoms with Gasteiger partial charge in [-0.3, -0.25) is 9.59 Å². The van der Waals surface area contributed by atoms with Gasteiger partial charge in [-0.25, -0.2) is 0 Å². The van der Waals surface area contributed by atoms with Gasteiger partial charge in [0, 0.05) is 11.9 Å². The highest BCUT2D eigenvalue weighted by Gasteiger charge is 2.27. The summed E-state index contributed by atoms with van der Waals surface area (Å²) >= 11 is 0. The van der Waals surface area contributed by atoms with Crippen LogP contribution in [0.1, 0.15) is 0 Å². The Morgan fingerprint density at radius 3 is 2.74 bits per heavy atom. The number of hydrogen-bond acceptors (Lipinski definition) is 6. The van der Waals surface area contributed by atoms with Crippen molar-refractivity contribution in [2.45, 2.75) is 12.6 Å². The summed E-state index contributed by atoms with van der Waals surface area (Å²) in [6.07, 6.45) is 0.768. The Labute approximate surface area is 177 Å². The van der Waals surface area contributed by atoms with Crippen LogP contribution in [0.3, 0.4) is 0 Å². The average molecular weight is 420 g/mol. The fourth-order valence-electron chi connectivity index (χ4n) is 3.25. The molecule has 1 aliphatic rings. The van der Waals surface area contributed by atoms with Crippen molar-refractivity contribution in [2.24, 2.45) is 10.2 Å². The van der Waals surface area contributed by atoms with E-state index in [1.807, 2.05) is 12.1 Å². The zero-order valence-corrected chi connectivity index (χ0v) is 16.5. The van der Waals surface area contributed by atoms with E-state index < -0.39 is 17.9 Å². The van der Waals surface area contributed by atoms with Gasteiger partial charge in [0.15, 0.2) is 17.2 Å². The topological polar surface area (TPSA) is 115 Å². The highest BCUT2D eigenvalue weighted by Crippen LogP contribution is 2.38. The molecule has 1 aliphatic heterocycles. The van der Waals surface area contributed by atoms with Gasteiger partial charge in [0.05, 0.1) is 5.52 Å². The molecular weight excluding hydrogens is 400 g/mol. The zero-order chi connectivity index (χ0) is 21.8. The number of nitrogens with zero attached hydrogens (tertiary/aromatic N) is 3. The molecule has 2 amide bonds. The van der Waals surface area contributed by atoms with Crippen molar-refractivity contribution >= 4 is 28.4 Å². The van der Waals surface area contributed by atoms with E-state index in [2.05, 4.69) is 22.1 Å². The molecule has 0 fully saturated rings. The third-order valence-electron chi connectivity index (χ3n) is 4.71. The number of nitrogens with one attached hydrogen (secondary N) is 1. The molecule has 3 aromatic rings. The van der Waals surface area contributed by atoms with E-state index in [1.54, 1.807) is 47.0 Å². The lowest BCUT2D eigenvalue weighted by molar-refractivity contribution is -0.132. The first-order chi connectivity index (χ1) is 15.1. The van der Waals surface area contributed by atoms with Crippen molar-refractivity contribution in [1.82, 2.24) is 9.88 Å². The second kappa shape index (κ2) is 8.70. The molecule has 0 bridgehead atoms. The summed E-state index contributed by atoms with van der Waals surface area (Å²) in [5.74, 6) is -0.264. The number of amides is 2. The molecule has 0 saturated heterocycles. The van der Waals surface area contributed by atoms with Gasteiger partial charge in [-0.15, -0.1) is 16.8 Å². The molecule has 2 heterocycles. The maximum Gasteiger partial charge on any atom is 0.283 e. The predicted molar refractivity (Wildman–Crippen MR) is 113 cm³/mol. The smallest absolute Gasteiger partial charge is 0.283 e. The Morgan fingerprint density at radius 1 is 1.19 bits per heavy atom. The first-order valence-corrected chi connectivity index (χ1v) is 9.60. The van der Waals surface area contributed by atoms with Crippen LogP contribution in [0, 0.1) is 0 Å². The molecule has 9 heteroatoms. The Morgan fingerprint density at radius 2 is 1.94 bits per heavy atom. The Kier molecular flexibility index (Phi) is 5.65. The number of fused-ring (bicyclic) bond motifs is 2. The summed E-state index contributed by atoms with van der Waals surface area (Å²) in [6, 6.07) is 14.2. The van der Waals surface area contributed by atoms with E-state index in [0.717, 1.165) is 5.52 Å². The van der Waals surface area contributed by atoms with Crippen LogP contribution >= 0.6 is 0 Å². The molecule has 4 rings (SSSR count). The van der Waals surface area contributed by atoms with Gasteiger partial charge in [0.2, 0.25) is 12.0 Å². The van der Waals surface area contributed by atoms with E-state index in [4.69, 9.17) is 9.47 Å². The van der Waals surface area contributed by atoms with Crippen LogP contribution in [0.15, 0.2) is 71.4 Å². The van der Waals surface area contributed by atoms with Gasteiger partial charge in [-0.1, -0.05) is 36.4 Å². The fourth-order valence-corrected chi connectivity index (χ4v) is 3.25. The minimum Gasteiger partial charge on any atom is -0.493 e. The van der Waals surface area contributed by atoms with Crippen molar-refractivity contribution in [1.29, 1.82) is 0 Å². The second-order valence-corrected chi connectivity index (χ2v) is 6.76. The second-order valence-electron chi connectivity index (χ2n) is 6.76. The van der Waals surface area contributed by atoms with Gasteiger partial charge < -0.3 is 24.5 Å². The average Bonchev–Trinajstić information content (AvgIpc) is 3.07. The van der Waals surface area contributed by atoms with Crippen LogP contribution in [-0.2, 0) is 16.1 Å². The largest absolute Gasteiger partial charge is 0.493 e. The molecule has 0 spiro atoms. The Hall–Kier alpha value is -4.14. The number of rotatable bonds is 6. The van der Waals surface area contributed by atoms with Crippen LogP contribution in [0.5, 0.6) is 17.4 Å². The lowest BCUT2D eigenvalue weighted by Gasteiger charge is -2.25. The van der Waals surface area contributed by atoms with E-state index in [1.165, 1.54) is 0 Å². The van der Waals surface area contributed by atoms with Crippen LogP contribution in [0.25, 0.3) is 10.9 Å². The minimum atomic E-state index is -0.874. The van der Waals surface area contributed by atoms with Crippen LogP contribution in [0.2, 0.25) is 0 Å². The molecule has 1 aromatic heterocycles. The molecule has 0 aliphatic carbocycles. The zero-order valence-electron chi connectivity index (χ0n) is 16.5. The number of carbonyl (C=O) groups excluding carboxylic acids is 2. The van der Waals surface area contributed by atoms with E-state index in [9.17, 15) is 14.7 Å². The van der Waals surface area contributed by atoms with Crippen molar-refractivity contribution in [2.75, 3.05) is 13.2 Å².